The van der Waals surface area contributed by atoms with Crippen LogP contribution < -0.4 is 5.73 Å². The average molecular weight is 277 g/mol. The largest absolute Gasteiger partial charge is 0.323 e. The molecule has 2 atom stereocenters. The highest BCUT2D eigenvalue weighted by atomic mass is 32.2. The number of hydrogen-bond acceptors (Lipinski definition) is 3. The zero-order chi connectivity index (χ0) is 13.0. The van der Waals surface area contributed by atoms with Crippen molar-refractivity contribution in [2.24, 2.45) is 5.73 Å². The maximum Gasteiger partial charge on any atom is 0.0601 e. The topological polar surface area (TPSA) is 26.0 Å². The monoisotopic (exact) mass is 277 g/mol. The van der Waals surface area contributed by atoms with E-state index in [9.17, 15) is 0 Å². The Hall–Kier alpha value is -0.770. The first kappa shape index (κ1) is 13.7. The van der Waals surface area contributed by atoms with E-state index < -0.39 is 0 Å². The van der Waals surface area contributed by atoms with Gasteiger partial charge in [-0.3, -0.25) is 0 Å². The molecule has 0 aliphatic heterocycles. The van der Waals surface area contributed by atoms with Crippen molar-refractivity contribution in [3.63, 3.8) is 0 Å². The summed E-state index contributed by atoms with van der Waals surface area (Å²) in [5.41, 5.74) is 8.92. The van der Waals surface area contributed by atoms with Gasteiger partial charge in [0, 0.05) is 11.3 Å². The molecule has 0 saturated heterocycles. The van der Waals surface area contributed by atoms with Gasteiger partial charge in [0.1, 0.15) is 0 Å². The van der Waals surface area contributed by atoms with Gasteiger partial charge in [-0.25, -0.2) is 0 Å². The third kappa shape index (κ3) is 3.37. The fraction of sp³-hybridized carbons (Fsp3) is 0.333. The highest BCUT2D eigenvalue weighted by Gasteiger charge is 2.16. The molecule has 3 heteroatoms. The SMILES string of the molecule is CCc1ccc(C(N)C(C)Sc2cccs2)cc1. The van der Waals surface area contributed by atoms with E-state index in [1.165, 1.54) is 15.3 Å². The summed E-state index contributed by atoms with van der Waals surface area (Å²) in [6.45, 7) is 4.37. The van der Waals surface area contributed by atoms with Gasteiger partial charge < -0.3 is 5.73 Å². The third-order valence-corrected chi connectivity index (χ3v) is 5.35. The minimum absolute atomic E-state index is 0.0861. The van der Waals surface area contributed by atoms with Gasteiger partial charge in [0.05, 0.1) is 4.21 Å². The molecular weight excluding hydrogens is 258 g/mol. The second-order valence-corrected chi connectivity index (χ2v) is 7.00. The number of rotatable bonds is 5. The Bertz CT molecular complexity index is 462. The first-order valence-electron chi connectivity index (χ1n) is 6.25. The van der Waals surface area contributed by atoms with Crippen LogP contribution in [0.15, 0.2) is 46.0 Å². The molecule has 1 heterocycles. The van der Waals surface area contributed by atoms with Crippen LogP contribution in [0.25, 0.3) is 0 Å². The Labute approximate surface area is 117 Å². The fourth-order valence-corrected chi connectivity index (χ4v) is 3.95. The number of thioether (sulfide) groups is 1. The number of hydrogen-bond donors (Lipinski definition) is 1. The molecule has 1 nitrogen and oxygen atoms in total. The molecule has 0 spiro atoms. The molecule has 0 radical (unpaired) electrons. The molecule has 0 fully saturated rings. The predicted octanol–water partition coefficient (Wildman–Crippen LogP) is 4.49. The van der Waals surface area contributed by atoms with Crippen LogP contribution in [0.2, 0.25) is 0 Å². The van der Waals surface area contributed by atoms with Crippen LogP contribution >= 0.6 is 23.1 Å². The summed E-state index contributed by atoms with van der Waals surface area (Å²) < 4.78 is 1.34. The molecule has 96 valence electrons. The summed E-state index contributed by atoms with van der Waals surface area (Å²) in [5, 5.41) is 2.49. The molecule has 2 rings (SSSR count). The standard InChI is InChI=1S/C15H19NS2/c1-3-12-6-8-13(9-7-12)15(16)11(2)18-14-5-4-10-17-14/h4-11,15H,3,16H2,1-2H3. The Morgan fingerprint density at radius 1 is 1.22 bits per heavy atom. The molecule has 18 heavy (non-hydrogen) atoms. The van der Waals surface area contributed by atoms with E-state index in [0.717, 1.165) is 6.42 Å². The van der Waals surface area contributed by atoms with Crippen LogP contribution in [-0.2, 0) is 6.42 Å². The number of thiophene rings is 1. The van der Waals surface area contributed by atoms with E-state index in [1.54, 1.807) is 11.3 Å². The second-order valence-electron chi connectivity index (χ2n) is 4.38. The van der Waals surface area contributed by atoms with Gasteiger partial charge in [0.2, 0.25) is 0 Å². The Morgan fingerprint density at radius 2 is 1.94 bits per heavy atom. The van der Waals surface area contributed by atoms with Crippen LogP contribution in [0.4, 0.5) is 0 Å². The van der Waals surface area contributed by atoms with E-state index in [-0.39, 0.29) is 6.04 Å². The molecule has 0 saturated carbocycles. The van der Waals surface area contributed by atoms with E-state index in [1.807, 2.05) is 11.8 Å². The van der Waals surface area contributed by atoms with Crippen LogP contribution in [0.5, 0.6) is 0 Å². The normalized spacial score (nSPS) is 14.4. The second kappa shape index (κ2) is 6.41. The maximum absolute atomic E-state index is 6.33. The number of aryl methyl sites for hydroxylation is 1. The van der Waals surface area contributed by atoms with Gasteiger partial charge in [-0.15, -0.1) is 23.1 Å². The minimum atomic E-state index is 0.0861. The summed E-state index contributed by atoms with van der Waals surface area (Å²) >= 11 is 3.63. The van der Waals surface area contributed by atoms with E-state index in [4.69, 9.17) is 5.73 Å². The van der Waals surface area contributed by atoms with Crippen molar-refractivity contribution in [1.82, 2.24) is 0 Å². The van der Waals surface area contributed by atoms with Crippen molar-refractivity contribution >= 4 is 23.1 Å². The number of benzene rings is 1. The van der Waals surface area contributed by atoms with Crippen LogP contribution in [-0.4, -0.2) is 5.25 Å². The van der Waals surface area contributed by atoms with Crippen molar-refractivity contribution in [3.05, 3.63) is 52.9 Å². The molecule has 0 aliphatic carbocycles. The summed E-state index contributed by atoms with van der Waals surface area (Å²) in [5.74, 6) is 0. The zero-order valence-electron chi connectivity index (χ0n) is 10.8. The lowest BCUT2D eigenvalue weighted by Crippen LogP contribution is -2.20. The predicted molar refractivity (Wildman–Crippen MR) is 82.4 cm³/mol. The summed E-state index contributed by atoms with van der Waals surface area (Å²) in [6.07, 6.45) is 1.08. The molecule has 2 unspecified atom stereocenters. The third-order valence-electron chi connectivity index (χ3n) is 3.08. The minimum Gasteiger partial charge on any atom is -0.323 e. The van der Waals surface area contributed by atoms with Crippen LogP contribution in [0.3, 0.4) is 0 Å². The lowest BCUT2D eigenvalue weighted by atomic mass is 10.0. The average Bonchev–Trinajstić information content (AvgIpc) is 2.91. The Kier molecular flexibility index (Phi) is 4.87. The van der Waals surface area contributed by atoms with Gasteiger partial charge in [-0.2, -0.15) is 0 Å². The van der Waals surface area contributed by atoms with Gasteiger partial charge in [-0.05, 0) is 29.0 Å². The van der Waals surface area contributed by atoms with Crippen molar-refractivity contribution in [1.29, 1.82) is 0 Å². The van der Waals surface area contributed by atoms with Crippen molar-refractivity contribution in [2.75, 3.05) is 0 Å². The summed E-state index contributed by atoms with van der Waals surface area (Å²) in [6, 6.07) is 13.0. The summed E-state index contributed by atoms with van der Waals surface area (Å²) in [7, 11) is 0. The van der Waals surface area contributed by atoms with Gasteiger partial charge in [0.25, 0.3) is 0 Å². The molecule has 0 bridgehead atoms. The maximum atomic E-state index is 6.33. The van der Waals surface area contributed by atoms with E-state index >= 15 is 0 Å². The zero-order valence-corrected chi connectivity index (χ0v) is 12.4. The van der Waals surface area contributed by atoms with Crippen LogP contribution in [0.1, 0.15) is 31.0 Å². The van der Waals surface area contributed by atoms with E-state index in [0.29, 0.717) is 5.25 Å². The molecule has 1 aromatic heterocycles. The van der Waals surface area contributed by atoms with Crippen molar-refractivity contribution in [3.8, 4) is 0 Å². The summed E-state index contributed by atoms with van der Waals surface area (Å²) in [4.78, 5) is 0. The first-order chi connectivity index (χ1) is 8.70. The van der Waals surface area contributed by atoms with Crippen molar-refractivity contribution < 1.29 is 0 Å². The molecule has 2 N–H and O–H groups in total. The van der Waals surface area contributed by atoms with Crippen LogP contribution in [0, 0.1) is 0 Å². The molecule has 2 aromatic rings. The first-order valence-corrected chi connectivity index (χ1v) is 8.01. The van der Waals surface area contributed by atoms with Gasteiger partial charge >= 0.3 is 0 Å². The Morgan fingerprint density at radius 3 is 2.50 bits per heavy atom. The molecule has 1 aromatic carbocycles. The number of nitrogens with two attached hydrogens (primary N) is 1. The smallest absolute Gasteiger partial charge is 0.0601 e. The molecule has 0 amide bonds. The Balaban J connectivity index is 2.02. The van der Waals surface area contributed by atoms with Crippen molar-refractivity contribution in [2.45, 2.75) is 35.8 Å². The lowest BCUT2D eigenvalue weighted by molar-refractivity contribution is 0.715. The lowest BCUT2D eigenvalue weighted by Gasteiger charge is -2.19. The quantitative estimate of drug-likeness (QED) is 0.815. The molecule has 0 aliphatic rings. The highest BCUT2D eigenvalue weighted by Crippen LogP contribution is 2.33. The van der Waals surface area contributed by atoms with Gasteiger partial charge in [0.15, 0.2) is 0 Å². The van der Waals surface area contributed by atoms with E-state index in [2.05, 4.69) is 55.6 Å². The molecular formula is C15H19NS2. The fourth-order valence-electron chi connectivity index (χ4n) is 1.83. The highest BCUT2D eigenvalue weighted by molar-refractivity contribution is 8.01. The van der Waals surface area contributed by atoms with Gasteiger partial charge in [-0.1, -0.05) is 44.2 Å².